The predicted molar refractivity (Wildman–Crippen MR) is 133 cm³/mol. The van der Waals surface area contributed by atoms with Gasteiger partial charge in [0.25, 0.3) is 15.9 Å². The molecule has 0 bridgehead atoms. The van der Waals surface area contributed by atoms with Crippen molar-refractivity contribution in [3.8, 4) is 5.75 Å². The van der Waals surface area contributed by atoms with Crippen LogP contribution in [0.2, 0.25) is 0 Å². The van der Waals surface area contributed by atoms with E-state index in [-0.39, 0.29) is 29.2 Å². The Bertz CT molecular complexity index is 1330. The SMILES string of the molecule is NS(=O)(=O)C1=NN(c2ccc(OC(F)F)cc2)C2C(=O)N(c3ccc(N4CCCCC4=O)cc3)CCC12. The molecule has 2 amide bonds. The Morgan fingerprint density at radius 2 is 1.54 bits per heavy atom. The standard InChI is InChI=1S/C24H25F2N5O5S/c25-24(26)36-18-10-8-17(9-11-18)31-21-19(22(28-31)37(27,34)35)12-14-30(23(21)33)16-6-4-15(5-7-16)29-13-2-1-3-20(29)32/h4-11,19,21,24H,1-3,12-14H2,(H2,27,34,35). The van der Waals surface area contributed by atoms with E-state index in [0.29, 0.717) is 30.8 Å². The van der Waals surface area contributed by atoms with Crippen molar-refractivity contribution >= 4 is 43.9 Å². The summed E-state index contributed by atoms with van der Waals surface area (Å²) in [5, 5.41) is 10.6. The summed E-state index contributed by atoms with van der Waals surface area (Å²) in [6.45, 7) is -2.11. The molecule has 3 aliphatic rings. The lowest BCUT2D eigenvalue weighted by atomic mass is 9.91. The summed E-state index contributed by atoms with van der Waals surface area (Å²) in [4.78, 5) is 29.2. The molecule has 2 atom stereocenters. The normalized spacial score (nSPS) is 22.4. The van der Waals surface area contributed by atoms with Crippen LogP contribution in [0.5, 0.6) is 5.75 Å². The number of nitrogens with zero attached hydrogens (tertiary/aromatic N) is 4. The highest BCUT2D eigenvalue weighted by atomic mass is 32.2. The number of anilines is 3. The number of sulfonamides is 1. The van der Waals surface area contributed by atoms with Gasteiger partial charge >= 0.3 is 6.61 Å². The lowest BCUT2D eigenvalue weighted by Crippen LogP contribution is -2.55. The van der Waals surface area contributed by atoms with Gasteiger partial charge in [-0.3, -0.25) is 14.6 Å². The maximum Gasteiger partial charge on any atom is 0.387 e. The number of alkyl halides is 2. The molecule has 3 heterocycles. The Kier molecular flexibility index (Phi) is 6.58. The van der Waals surface area contributed by atoms with Crippen LogP contribution in [-0.4, -0.2) is 51.0 Å². The van der Waals surface area contributed by atoms with Crippen LogP contribution in [0.4, 0.5) is 25.8 Å². The van der Waals surface area contributed by atoms with Crippen molar-refractivity contribution in [1.82, 2.24) is 0 Å². The van der Waals surface area contributed by atoms with Gasteiger partial charge in [0.1, 0.15) is 11.8 Å². The Morgan fingerprint density at radius 3 is 2.14 bits per heavy atom. The van der Waals surface area contributed by atoms with Gasteiger partial charge in [-0.15, -0.1) is 0 Å². The van der Waals surface area contributed by atoms with Gasteiger partial charge in [-0.2, -0.15) is 13.9 Å². The number of benzene rings is 2. The van der Waals surface area contributed by atoms with E-state index in [2.05, 4.69) is 9.84 Å². The maximum absolute atomic E-state index is 13.7. The maximum atomic E-state index is 13.7. The first kappa shape index (κ1) is 25.1. The van der Waals surface area contributed by atoms with Gasteiger partial charge in [0.05, 0.1) is 5.69 Å². The summed E-state index contributed by atoms with van der Waals surface area (Å²) in [5.74, 6) is -1.17. The average Bonchev–Trinajstić information content (AvgIpc) is 3.26. The van der Waals surface area contributed by atoms with Crippen molar-refractivity contribution in [3.63, 3.8) is 0 Å². The monoisotopic (exact) mass is 533 g/mol. The first-order valence-corrected chi connectivity index (χ1v) is 13.4. The largest absolute Gasteiger partial charge is 0.435 e. The van der Waals surface area contributed by atoms with Gasteiger partial charge in [0.15, 0.2) is 5.04 Å². The molecule has 37 heavy (non-hydrogen) atoms. The number of hydrogen-bond acceptors (Lipinski definition) is 7. The third-order valence-corrected chi connectivity index (χ3v) is 7.73. The Morgan fingerprint density at radius 1 is 0.919 bits per heavy atom. The van der Waals surface area contributed by atoms with Crippen molar-refractivity contribution < 1.29 is 31.5 Å². The van der Waals surface area contributed by atoms with Crippen LogP contribution in [0.25, 0.3) is 0 Å². The zero-order chi connectivity index (χ0) is 26.3. The minimum absolute atomic E-state index is 0.0649. The van der Waals surface area contributed by atoms with Gasteiger partial charge < -0.3 is 14.5 Å². The van der Waals surface area contributed by atoms with Crippen LogP contribution < -0.4 is 24.7 Å². The number of carbonyl (C=O) groups is 2. The molecule has 0 aliphatic carbocycles. The number of hydrogen-bond donors (Lipinski definition) is 1. The summed E-state index contributed by atoms with van der Waals surface area (Å²) in [6.07, 6.45) is 2.60. The molecule has 2 unspecified atom stereocenters. The molecular weight excluding hydrogens is 508 g/mol. The van der Waals surface area contributed by atoms with Gasteiger partial charge in [-0.1, -0.05) is 0 Å². The van der Waals surface area contributed by atoms with Crippen LogP contribution in [0.15, 0.2) is 53.6 Å². The minimum atomic E-state index is -4.19. The fourth-order valence-corrected chi connectivity index (χ4v) is 5.93. The van der Waals surface area contributed by atoms with E-state index < -0.39 is 28.6 Å². The highest BCUT2D eigenvalue weighted by Crippen LogP contribution is 2.38. The van der Waals surface area contributed by atoms with E-state index in [1.165, 1.54) is 29.3 Å². The molecule has 0 radical (unpaired) electrons. The van der Waals surface area contributed by atoms with Gasteiger partial charge in [0, 0.05) is 36.8 Å². The molecule has 3 aliphatic heterocycles. The average molecular weight is 534 g/mol. The summed E-state index contributed by atoms with van der Waals surface area (Å²) >= 11 is 0. The van der Waals surface area contributed by atoms with Crippen LogP contribution >= 0.6 is 0 Å². The number of rotatable bonds is 5. The second-order valence-corrected chi connectivity index (χ2v) is 10.6. The number of piperidine rings is 2. The van der Waals surface area contributed by atoms with E-state index in [9.17, 15) is 26.8 Å². The fraction of sp³-hybridized carbons (Fsp3) is 0.375. The molecule has 13 heteroatoms. The van der Waals surface area contributed by atoms with Crippen molar-refractivity contribution in [2.45, 2.75) is 38.3 Å². The van der Waals surface area contributed by atoms with Crippen LogP contribution in [0.3, 0.4) is 0 Å². The number of fused-ring (bicyclic) bond motifs is 1. The Hall–Kier alpha value is -3.58. The predicted octanol–water partition coefficient (Wildman–Crippen LogP) is 2.65. The Balaban J connectivity index is 1.42. The molecule has 0 aromatic heterocycles. The van der Waals surface area contributed by atoms with Crippen LogP contribution in [0.1, 0.15) is 25.7 Å². The van der Waals surface area contributed by atoms with Crippen molar-refractivity contribution in [2.24, 2.45) is 16.2 Å². The number of carbonyl (C=O) groups excluding carboxylic acids is 2. The third kappa shape index (κ3) is 4.88. The van der Waals surface area contributed by atoms with E-state index in [1.54, 1.807) is 34.1 Å². The van der Waals surface area contributed by atoms with Crippen molar-refractivity contribution in [1.29, 1.82) is 0 Å². The van der Waals surface area contributed by atoms with Crippen LogP contribution in [0, 0.1) is 5.92 Å². The molecule has 2 aromatic rings. The summed E-state index contributed by atoms with van der Waals surface area (Å²) in [6, 6.07) is 11.5. The van der Waals surface area contributed by atoms with Crippen molar-refractivity contribution in [3.05, 3.63) is 48.5 Å². The first-order valence-electron chi connectivity index (χ1n) is 11.8. The zero-order valence-electron chi connectivity index (χ0n) is 19.7. The quantitative estimate of drug-likeness (QED) is 0.630. The lowest BCUT2D eigenvalue weighted by Gasteiger charge is -2.37. The van der Waals surface area contributed by atoms with Gasteiger partial charge in [-0.05, 0) is 67.8 Å². The molecule has 2 fully saturated rings. The Labute approximate surface area is 212 Å². The number of nitrogens with two attached hydrogens (primary N) is 1. The minimum Gasteiger partial charge on any atom is -0.435 e. The highest BCUT2D eigenvalue weighted by Gasteiger charge is 2.50. The number of halogens is 2. The number of primary sulfonamides is 1. The highest BCUT2D eigenvalue weighted by molar-refractivity contribution is 8.04. The molecule has 0 spiro atoms. The molecule has 10 nitrogen and oxygen atoms in total. The number of ether oxygens (including phenoxy) is 1. The zero-order valence-corrected chi connectivity index (χ0v) is 20.5. The summed E-state index contributed by atoms with van der Waals surface area (Å²) in [5.41, 5.74) is 1.68. The van der Waals surface area contributed by atoms with E-state index in [0.717, 1.165) is 18.5 Å². The molecule has 5 rings (SSSR count). The summed E-state index contributed by atoms with van der Waals surface area (Å²) < 4.78 is 54.0. The molecular formula is C24H25F2N5O5S. The number of amides is 2. The van der Waals surface area contributed by atoms with E-state index in [4.69, 9.17) is 5.14 Å². The van der Waals surface area contributed by atoms with E-state index >= 15 is 0 Å². The van der Waals surface area contributed by atoms with Crippen molar-refractivity contribution in [2.75, 3.05) is 27.9 Å². The molecule has 0 saturated carbocycles. The second-order valence-electron chi connectivity index (χ2n) is 9.05. The van der Waals surface area contributed by atoms with E-state index in [1.807, 2.05) is 0 Å². The topological polar surface area (TPSA) is 126 Å². The van der Waals surface area contributed by atoms with Gasteiger partial charge in [-0.25, -0.2) is 13.6 Å². The molecule has 2 saturated heterocycles. The lowest BCUT2D eigenvalue weighted by molar-refractivity contribution is -0.121. The molecule has 2 N–H and O–H groups in total. The fourth-order valence-electron chi connectivity index (χ4n) is 5.06. The first-order chi connectivity index (χ1) is 17.6. The molecule has 2 aromatic carbocycles. The summed E-state index contributed by atoms with van der Waals surface area (Å²) in [7, 11) is -4.19. The molecule has 196 valence electrons. The van der Waals surface area contributed by atoms with Crippen LogP contribution in [-0.2, 0) is 19.6 Å². The second kappa shape index (κ2) is 9.71. The third-order valence-electron chi connectivity index (χ3n) is 6.77. The number of hydrazone groups is 1. The van der Waals surface area contributed by atoms with Gasteiger partial charge in [0.2, 0.25) is 5.91 Å². The smallest absolute Gasteiger partial charge is 0.387 e.